The van der Waals surface area contributed by atoms with Gasteiger partial charge in [0.1, 0.15) is 0 Å². The first-order chi connectivity index (χ1) is 11.0. The third-order valence-electron chi connectivity index (χ3n) is 4.83. The second kappa shape index (κ2) is 6.61. The summed E-state index contributed by atoms with van der Waals surface area (Å²) in [6.07, 6.45) is 4.21. The van der Waals surface area contributed by atoms with Gasteiger partial charge in [0, 0.05) is 6.54 Å². The van der Waals surface area contributed by atoms with Crippen LogP contribution in [0.2, 0.25) is 0 Å². The van der Waals surface area contributed by atoms with Gasteiger partial charge in [0.15, 0.2) is 9.84 Å². The molecule has 1 aliphatic heterocycles. The maximum Gasteiger partial charge on any atom is 0.255 e. The quantitative estimate of drug-likeness (QED) is 0.849. The monoisotopic (exact) mass is 337 g/mol. The molecule has 3 rings (SSSR count). The second-order valence-corrected chi connectivity index (χ2v) is 8.41. The number of morpholine rings is 1. The highest BCUT2D eigenvalue weighted by atomic mass is 32.2. The number of hydrogen-bond donors (Lipinski definition) is 0. The SMILES string of the molecule is CCS(=O)(=O)c1ccccc1C(=O)N1CCO[C@@H]2CCCC[C@H]21. The zero-order valence-corrected chi connectivity index (χ0v) is 14.2. The van der Waals surface area contributed by atoms with E-state index in [1.165, 1.54) is 6.07 Å². The summed E-state index contributed by atoms with van der Waals surface area (Å²) in [5, 5.41) is 0. The van der Waals surface area contributed by atoms with Gasteiger partial charge in [-0.1, -0.05) is 31.9 Å². The summed E-state index contributed by atoms with van der Waals surface area (Å²) >= 11 is 0. The van der Waals surface area contributed by atoms with Gasteiger partial charge >= 0.3 is 0 Å². The van der Waals surface area contributed by atoms with Gasteiger partial charge in [-0.2, -0.15) is 0 Å². The highest BCUT2D eigenvalue weighted by Gasteiger charge is 2.38. The number of amides is 1. The van der Waals surface area contributed by atoms with Gasteiger partial charge in [-0.3, -0.25) is 4.79 Å². The molecule has 1 heterocycles. The zero-order chi connectivity index (χ0) is 16.4. The third-order valence-corrected chi connectivity index (χ3v) is 6.61. The highest BCUT2D eigenvalue weighted by Crippen LogP contribution is 2.30. The molecule has 0 aromatic heterocycles. The van der Waals surface area contributed by atoms with Gasteiger partial charge in [-0.05, 0) is 25.0 Å². The van der Waals surface area contributed by atoms with Crippen LogP contribution < -0.4 is 0 Å². The Bertz CT molecular complexity index is 684. The molecule has 0 unspecified atom stereocenters. The molecular weight excluding hydrogens is 314 g/mol. The minimum Gasteiger partial charge on any atom is -0.374 e. The van der Waals surface area contributed by atoms with Crippen molar-refractivity contribution in [3.05, 3.63) is 29.8 Å². The Hall–Kier alpha value is -1.40. The van der Waals surface area contributed by atoms with Crippen LogP contribution in [0.15, 0.2) is 29.2 Å². The van der Waals surface area contributed by atoms with Crippen molar-refractivity contribution in [1.29, 1.82) is 0 Å². The molecule has 1 saturated carbocycles. The van der Waals surface area contributed by atoms with Crippen molar-refractivity contribution < 1.29 is 17.9 Å². The maximum atomic E-state index is 13.0. The summed E-state index contributed by atoms with van der Waals surface area (Å²) in [7, 11) is -3.42. The molecule has 5 nitrogen and oxygen atoms in total. The van der Waals surface area contributed by atoms with E-state index in [-0.39, 0.29) is 28.7 Å². The molecule has 1 amide bonds. The molecule has 1 aliphatic carbocycles. The van der Waals surface area contributed by atoms with E-state index < -0.39 is 9.84 Å². The number of fused-ring (bicyclic) bond motifs is 1. The summed E-state index contributed by atoms with van der Waals surface area (Å²) < 4.78 is 30.4. The lowest BCUT2D eigenvalue weighted by Gasteiger charge is -2.44. The minimum absolute atomic E-state index is 0.00748. The predicted octanol–water partition coefficient (Wildman–Crippen LogP) is 2.26. The number of carbonyl (C=O) groups is 1. The van der Waals surface area contributed by atoms with Crippen LogP contribution in [0.4, 0.5) is 0 Å². The average Bonchev–Trinajstić information content (AvgIpc) is 2.60. The lowest BCUT2D eigenvalue weighted by molar-refractivity contribution is -0.0753. The van der Waals surface area contributed by atoms with E-state index >= 15 is 0 Å². The molecule has 6 heteroatoms. The number of sulfone groups is 1. The Balaban J connectivity index is 1.94. The summed E-state index contributed by atoms with van der Waals surface area (Å²) in [6, 6.07) is 6.62. The van der Waals surface area contributed by atoms with Gasteiger partial charge < -0.3 is 9.64 Å². The van der Waals surface area contributed by atoms with Gasteiger partial charge in [-0.15, -0.1) is 0 Å². The smallest absolute Gasteiger partial charge is 0.255 e. The number of ether oxygens (including phenoxy) is 1. The molecule has 0 radical (unpaired) electrons. The van der Waals surface area contributed by atoms with Crippen LogP contribution in [0.5, 0.6) is 0 Å². The molecule has 2 aliphatic rings. The Morgan fingerprint density at radius 3 is 2.78 bits per heavy atom. The average molecular weight is 337 g/mol. The van der Waals surface area contributed by atoms with Crippen molar-refractivity contribution >= 4 is 15.7 Å². The molecule has 0 N–H and O–H groups in total. The number of nitrogens with zero attached hydrogens (tertiary/aromatic N) is 1. The van der Waals surface area contributed by atoms with E-state index in [9.17, 15) is 13.2 Å². The van der Waals surface area contributed by atoms with E-state index in [4.69, 9.17) is 4.74 Å². The first-order valence-corrected chi connectivity index (χ1v) is 9.94. The van der Waals surface area contributed by atoms with Crippen LogP contribution >= 0.6 is 0 Å². The number of benzene rings is 1. The van der Waals surface area contributed by atoms with Crippen LogP contribution in [-0.4, -0.2) is 50.3 Å². The molecule has 2 fully saturated rings. The summed E-state index contributed by atoms with van der Waals surface area (Å²) in [5.41, 5.74) is 0.292. The Morgan fingerprint density at radius 1 is 1.26 bits per heavy atom. The highest BCUT2D eigenvalue weighted by molar-refractivity contribution is 7.91. The van der Waals surface area contributed by atoms with Crippen LogP contribution in [-0.2, 0) is 14.6 Å². The van der Waals surface area contributed by atoms with Gasteiger partial charge in [0.2, 0.25) is 0 Å². The van der Waals surface area contributed by atoms with Gasteiger partial charge in [-0.25, -0.2) is 8.42 Å². The maximum absolute atomic E-state index is 13.0. The molecule has 0 bridgehead atoms. The van der Waals surface area contributed by atoms with Gasteiger partial charge in [0.25, 0.3) is 5.91 Å². The van der Waals surface area contributed by atoms with Crippen molar-refractivity contribution in [2.75, 3.05) is 18.9 Å². The van der Waals surface area contributed by atoms with E-state index in [0.29, 0.717) is 18.7 Å². The van der Waals surface area contributed by atoms with Crippen molar-refractivity contribution in [1.82, 2.24) is 4.90 Å². The van der Waals surface area contributed by atoms with Crippen molar-refractivity contribution in [3.8, 4) is 0 Å². The van der Waals surface area contributed by atoms with E-state index in [2.05, 4.69) is 0 Å². The molecule has 23 heavy (non-hydrogen) atoms. The number of hydrogen-bond acceptors (Lipinski definition) is 4. The van der Waals surface area contributed by atoms with Crippen LogP contribution in [0.3, 0.4) is 0 Å². The molecule has 1 aromatic rings. The third kappa shape index (κ3) is 3.15. The summed E-state index contributed by atoms with van der Waals surface area (Å²) in [5.74, 6) is -0.190. The zero-order valence-electron chi connectivity index (χ0n) is 13.4. The normalized spacial score (nSPS) is 25.0. The fourth-order valence-corrected chi connectivity index (χ4v) is 4.66. The Kier molecular flexibility index (Phi) is 4.73. The predicted molar refractivity (Wildman–Crippen MR) is 87.2 cm³/mol. The first-order valence-electron chi connectivity index (χ1n) is 8.29. The van der Waals surface area contributed by atoms with Crippen LogP contribution in [0.25, 0.3) is 0 Å². The lowest BCUT2D eigenvalue weighted by atomic mass is 9.89. The second-order valence-electron chi connectivity index (χ2n) is 6.16. The Labute approximate surface area is 137 Å². The Morgan fingerprint density at radius 2 is 2.00 bits per heavy atom. The van der Waals surface area contributed by atoms with E-state index in [1.807, 2.05) is 4.90 Å². The molecule has 1 aromatic carbocycles. The fraction of sp³-hybridized carbons (Fsp3) is 0.588. The van der Waals surface area contributed by atoms with Gasteiger partial charge in [0.05, 0.1) is 35.0 Å². The molecule has 0 spiro atoms. The lowest BCUT2D eigenvalue weighted by Crippen LogP contribution is -2.55. The number of carbonyl (C=O) groups excluding carboxylic acids is 1. The molecule has 126 valence electrons. The first kappa shape index (κ1) is 16.5. The molecular formula is C17H23NO4S. The molecule has 1 saturated heterocycles. The topological polar surface area (TPSA) is 63.7 Å². The summed E-state index contributed by atoms with van der Waals surface area (Å²) in [4.78, 5) is 15.0. The van der Waals surface area contributed by atoms with E-state index in [0.717, 1.165) is 25.7 Å². The number of rotatable bonds is 3. The van der Waals surface area contributed by atoms with Crippen LogP contribution in [0.1, 0.15) is 43.0 Å². The standard InChI is InChI=1S/C17H23NO4S/c1-2-23(20,21)16-10-6-3-7-13(16)17(19)18-11-12-22-15-9-5-4-8-14(15)18/h3,6-7,10,14-15H,2,4-5,8-9,11-12H2,1H3/t14-,15-/m1/s1. The van der Waals surface area contributed by atoms with Crippen LogP contribution in [0, 0.1) is 0 Å². The largest absolute Gasteiger partial charge is 0.374 e. The fourth-order valence-electron chi connectivity index (χ4n) is 3.57. The minimum atomic E-state index is -3.42. The van der Waals surface area contributed by atoms with E-state index in [1.54, 1.807) is 25.1 Å². The van der Waals surface area contributed by atoms with Crippen molar-refractivity contribution in [2.45, 2.75) is 49.6 Å². The van der Waals surface area contributed by atoms with Crippen molar-refractivity contribution in [2.24, 2.45) is 0 Å². The summed E-state index contributed by atoms with van der Waals surface area (Å²) in [6.45, 7) is 2.65. The van der Waals surface area contributed by atoms with Crippen molar-refractivity contribution in [3.63, 3.8) is 0 Å². The molecule has 2 atom stereocenters.